The highest BCUT2D eigenvalue weighted by molar-refractivity contribution is 5.80. The number of nitrogens with one attached hydrogen (secondary N) is 1. The molecule has 0 fully saturated rings. The maximum Gasteiger partial charge on any atom is 0.213 e. The van der Waals surface area contributed by atoms with Gasteiger partial charge in [-0.1, -0.05) is 0 Å². The van der Waals surface area contributed by atoms with Crippen LogP contribution in [0.5, 0.6) is 5.88 Å². The molecule has 0 spiro atoms. The fourth-order valence-electron chi connectivity index (χ4n) is 3.14. The molecule has 0 aliphatic carbocycles. The van der Waals surface area contributed by atoms with Crippen LogP contribution in [0.1, 0.15) is 28.1 Å². The number of hydrogen-bond acceptors (Lipinski definition) is 5. The van der Waals surface area contributed by atoms with Crippen LogP contribution < -0.4 is 4.74 Å². The second-order valence-corrected chi connectivity index (χ2v) is 6.73. The number of ether oxygens (including phenoxy) is 1. The minimum atomic E-state index is -0.347. The number of pyridine rings is 2. The zero-order chi connectivity index (χ0) is 19.5. The largest absolute Gasteiger partial charge is 0.481 e. The SMILES string of the molecule is COc1cc(CCc2ncc(Cc3c[nH]c4ncc(C)cc34)cn2)c(F)cn1. The van der Waals surface area contributed by atoms with Crippen LogP contribution in [0.2, 0.25) is 0 Å². The van der Waals surface area contributed by atoms with Crippen molar-refractivity contribution >= 4 is 11.0 Å². The average molecular weight is 377 g/mol. The molecule has 7 heteroatoms. The van der Waals surface area contributed by atoms with E-state index in [0.717, 1.165) is 34.1 Å². The van der Waals surface area contributed by atoms with E-state index in [4.69, 9.17) is 4.74 Å². The molecule has 0 saturated heterocycles. The van der Waals surface area contributed by atoms with E-state index in [1.807, 2.05) is 31.7 Å². The highest BCUT2D eigenvalue weighted by atomic mass is 19.1. The Morgan fingerprint density at radius 1 is 0.964 bits per heavy atom. The Balaban J connectivity index is 1.44. The minimum Gasteiger partial charge on any atom is -0.481 e. The van der Waals surface area contributed by atoms with Crippen molar-refractivity contribution in [2.45, 2.75) is 26.2 Å². The molecule has 0 aromatic carbocycles. The van der Waals surface area contributed by atoms with Crippen molar-refractivity contribution < 1.29 is 9.13 Å². The second-order valence-electron chi connectivity index (χ2n) is 6.73. The van der Waals surface area contributed by atoms with Crippen molar-refractivity contribution in [3.8, 4) is 5.88 Å². The molecular weight excluding hydrogens is 357 g/mol. The predicted molar refractivity (Wildman–Crippen MR) is 104 cm³/mol. The monoisotopic (exact) mass is 377 g/mol. The summed E-state index contributed by atoms with van der Waals surface area (Å²) in [5.74, 6) is 0.729. The highest BCUT2D eigenvalue weighted by Gasteiger charge is 2.09. The molecule has 4 aromatic heterocycles. The average Bonchev–Trinajstić information content (AvgIpc) is 3.10. The van der Waals surface area contributed by atoms with Gasteiger partial charge in [-0.25, -0.2) is 24.3 Å². The van der Waals surface area contributed by atoms with Gasteiger partial charge in [0.25, 0.3) is 0 Å². The molecule has 4 rings (SSSR count). The van der Waals surface area contributed by atoms with Gasteiger partial charge in [-0.15, -0.1) is 0 Å². The van der Waals surface area contributed by atoms with Crippen LogP contribution in [0.25, 0.3) is 11.0 Å². The van der Waals surface area contributed by atoms with Gasteiger partial charge < -0.3 is 9.72 Å². The van der Waals surface area contributed by atoms with Crippen LogP contribution in [0.3, 0.4) is 0 Å². The lowest BCUT2D eigenvalue weighted by Gasteiger charge is -2.06. The summed E-state index contributed by atoms with van der Waals surface area (Å²) in [5.41, 5.74) is 4.73. The summed E-state index contributed by atoms with van der Waals surface area (Å²) in [6.45, 7) is 2.03. The van der Waals surface area contributed by atoms with E-state index in [1.54, 1.807) is 6.07 Å². The normalized spacial score (nSPS) is 11.1. The molecule has 0 unspecified atom stereocenters. The van der Waals surface area contributed by atoms with Crippen LogP contribution in [-0.2, 0) is 19.3 Å². The minimum absolute atomic E-state index is 0.347. The van der Waals surface area contributed by atoms with Crippen molar-refractivity contribution in [2.75, 3.05) is 7.11 Å². The Hall–Kier alpha value is -3.35. The van der Waals surface area contributed by atoms with Crippen molar-refractivity contribution in [2.24, 2.45) is 0 Å². The molecular formula is C21H20FN5O. The van der Waals surface area contributed by atoms with Gasteiger partial charge in [0.1, 0.15) is 17.3 Å². The Morgan fingerprint density at radius 3 is 2.57 bits per heavy atom. The first-order valence-electron chi connectivity index (χ1n) is 9.03. The fourth-order valence-corrected chi connectivity index (χ4v) is 3.14. The Morgan fingerprint density at radius 2 is 1.79 bits per heavy atom. The molecule has 0 atom stereocenters. The Kier molecular flexibility index (Phi) is 4.97. The van der Waals surface area contributed by atoms with Crippen LogP contribution >= 0.6 is 0 Å². The molecule has 1 N–H and O–H groups in total. The molecule has 28 heavy (non-hydrogen) atoms. The van der Waals surface area contributed by atoms with Crippen molar-refractivity contribution in [1.82, 2.24) is 24.9 Å². The summed E-state index contributed by atoms with van der Waals surface area (Å²) in [5, 5.41) is 1.12. The molecule has 0 saturated carbocycles. The summed E-state index contributed by atoms with van der Waals surface area (Å²) in [6.07, 6.45) is 10.4. The van der Waals surface area contributed by atoms with Gasteiger partial charge in [0.05, 0.1) is 13.3 Å². The molecule has 4 aromatic rings. The van der Waals surface area contributed by atoms with Crippen LogP contribution in [-0.4, -0.2) is 32.0 Å². The van der Waals surface area contributed by atoms with Crippen LogP contribution in [0, 0.1) is 12.7 Å². The molecule has 6 nitrogen and oxygen atoms in total. The topological polar surface area (TPSA) is 76.6 Å². The van der Waals surface area contributed by atoms with Crippen molar-refractivity contribution in [3.05, 3.63) is 77.0 Å². The molecule has 4 heterocycles. The first kappa shape index (κ1) is 18.0. The lowest BCUT2D eigenvalue weighted by molar-refractivity contribution is 0.394. The zero-order valence-electron chi connectivity index (χ0n) is 15.7. The van der Waals surface area contributed by atoms with Gasteiger partial charge in [0.2, 0.25) is 5.88 Å². The lowest BCUT2D eigenvalue weighted by atomic mass is 10.1. The van der Waals surface area contributed by atoms with Gasteiger partial charge in [-0.3, -0.25) is 0 Å². The maximum atomic E-state index is 13.9. The lowest BCUT2D eigenvalue weighted by Crippen LogP contribution is -2.02. The summed E-state index contributed by atoms with van der Waals surface area (Å²) in [7, 11) is 1.51. The van der Waals surface area contributed by atoms with Crippen LogP contribution in [0.4, 0.5) is 4.39 Å². The smallest absolute Gasteiger partial charge is 0.213 e. The molecule has 142 valence electrons. The summed E-state index contributed by atoms with van der Waals surface area (Å²) in [4.78, 5) is 20.3. The molecule has 0 aliphatic heterocycles. The van der Waals surface area contributed by atoms with Gasteiger partial charge in [0, 0.05) is 49.1 Å². The van der Waals surface area contributed by atoms with Crippen molar-refractivity contribution in [1.29, 1.82) is 0 Å². The summed E-state index contributed by atoms with van der Waals surface area (Å²) in [6, 6.07) is 3.73. The second kappa shape index (κ2) is 7.72. The van der Waals surface area contributed by atoms with E-state index in [0.29, 0.717) is 30.1 Å². The third-order valence-corrected chi connectivity index (χ3v) is 4.64. The molecule has 0 aliphatic rings. The number of fused-ring (bicyclic) bond motifs is 1. The van der Waals surface area contributed by atoms with E-state index >= 15 is 0 Å². The molecule has 0 bridgehead atoms. The number of hydrogen-bond donors (Lipinski definition) is 1. The fraction of sp³-hybridized carbons (Fsp3) is 0.238. The molecule has 0 amide bonds. The van der Waals surface area contributed by atoms with E-state index in [1.165, 1.54) is 13.3 Å². The number of H-pyrrole nitrogens is 1. The number of aromatic amines is 1. The maximum absolute atomic E-state index is 13.9. The number of rotatable bonds is 6. The van der Waals surface area contributed by atoms with Gasteiger partial charge in [-0.2, -0.15) is 0 Å². The Labute approximate surface area is 161 Å². The highest BCUT2D eigenvalue weighted by Crippen LogP contribution is 2.20. The quantitative estimate of drug-likeness (QED) is 0.556. The summed E-state index contributed by atoms with van der Waals surface area (Å²) >= 11 is 0. The number of aromatic nitrogens is 5. The first-order valence-corrected chi connectivity index (χ1v) is 9.03. The number of nitrogens with zero attached hydrogens (tertiary/aromatic N) is 4. The number of aryl methyl sites for hydroxylation is 3. The zero-order valence-corrected chi connectivity index (χ0v) is 15.7. The van der Waals surface area contributed by atoms with E-state index < -0.39 is 0 Å². The third kappa shape index (κ3) is 3.83. The standard InChI is InChI=1S/C21H20FN5O/c1-13-5-17-16(11-27-21(17)26-8-13)6-14-9-23-19(24-10-14)4-3-15-7-20(28-2)25-12-18(15)22/h5,7-12H,3-4,6H2,1-2H3,(H,26,27). The first-order chi connectivity index (χ1) is 13.6. The van der Waals surface area contributed by atoms with E-state index in [9.17, 15) is 4.39 Å². The van der Waals surface area contributed by atoms with Gasteiger partial charge >= 0.3 is 0 Å². The van der Waals surface area contributed by atoms with Gasteiger partial charge in [-0.05, 0) is 41.7 Å². The van der Waals surface area contributed by atoms with Crippen molar-refractivity contribution in [3.63, 3.8) is 0 Å². The van der Waals surface area contributed by atoms with E-state index in [-0.39, 0.29) is 5.82 Å². The Bertz CT molecular complexity index is 1110. The number of halogens is 1. The van der Waals surface area contributed by atoms with Gasteiger partial charge in [0.15, 0.2) is 0 Å². The molecule has 0 radical (unpaired) electrons. The third-order valence-electron chi connectivity index (χ3n) is 4.64. The van der Waals surface area contributed by atoms with Crippen LogP contribution in [0.15, 0.2) is 43.1 Å². The number of methoxy groups -OCH3 is 1. The summed E-state index contributed by atoms with van der Waals surface area (Å²) < 4.78 is 18.9. The van der Waals surface area contributed by atoms with E-state index in [2.05, 4.69) is 31.0 Å². The predicted octanol–water partition coefficient (Wildman–Crippen LogP) is 3.58.